The quantitative estimate of drug-likeness (QED) is 0.403. The van der Waals surface area contributed by atoms with Crippen LogP contribution in [0.5, 0.6) is 5.75 Å². The third kappa shape index (κ3) is 5.72. The van der Waals surface area contributed by atoms with E-state index in [1.165, 1.54) is 12.1 Å². The average molecular weight is 490 g/mol. The molecule has 0 saturated carbocycles. The summed E-state index contributed by atoms with van der Waals surface area (Å²) in [4.78, 5) is 0. The summed E-state index contributed by atoms with van der Waals surface area (Å²) < 4.78 is 59.0. The van der Waals surface area contributed by atoms with E-state index in [9.17, 15) is 17.2 Å². The molecule has 4 rings (SSSR count). The summed E-state index contributed by atoms with van der Waals surface area (Å²) in [5.41, 5.74) is 4.57. The third-order valence-corrected chi connectivity index (χ3v) is 6.24. The maximum Gasteiger partial charge on any atom is 0.229 e. The van der Waals surface area contributed by atoms with Crippen molar-refractivity contribution < 1.29 is 21.9 Å². The molecule has 0 aromatic heterocycles. The van der Waals surface area contributed by atoms with Crippen LogP contribution in [0.15, 0.2) is 60.7 Å². The Balaban J connectivity index is 1.69. The van der Waals surface area contributed by atoms with E-state index >= 15 is 0 Å². The van der Waals surface area contributed by atoms with Crippen molar-refractivity contribution in [2.24, 2.45) is 0 Å². The van der Waals surface area contributed by atoms with Crippen LogP contribution in [0.1, 0.15) is 36.0 Å². The van der Waals surface area contributed by atoms with Gasteiger partial charge in [-0.3, -0.25) is 4.72 Å². The fraction of sp³-hybridized carbons (Fsp3) is 0.200. The van der Waals surface area contributed by atoms with Gasteiger partial charge in [0.05, 0.1) is 6.26 Å². The first-order valence-corrected chi connectivity index (χ1v) is 12.6. The highest BCUT2D eigenvalue weighted by molar-refractivity contribution is 7.92. The van der Waals surface area contributed by atoms with E-state index in [4.69, 9.17) is 16.3 Å². The first-order valence-electron chi connectivity index (χ1n) is 10.4. The summed E-state index contributed by atoms with van der Waals surface area (Å²) in [6.45, 7) is -0.0584. The molecule has 1 aliphatic rings. The summed E-state index contributed by atoms with van der Waals surface area (Å²) in [7, 11) is -3.39. The lowest BCUT2D eigenvalue weighted by Crippen LogP contribution is -2.09. The molecule has 33 heavy (non-hydrogen) atoms. The van der Waals surface area contributed by atoms with Gasteiger partial charge in [0.1, 0.15) is 24.0 Å². The minimum Gasteiger partial charge on any atom is -0.488 e. The fourth-order valence-corrected chi connectivity index (χ4v) is 4.73. The molecule has 8 heteroatoms. The zero-order valence-electron chi connectivity index (χ0n) is 17.9. The van der Waals surface area contributed by atoms with E-state index < -0.39 is 21.7 Å². The van der Waals surface area contributed by atoms with Gasteiger partial charge in [0.2, 0.25) is 10.0 Å². The van der Waals surface area contributed by atoms with E-state index in [-0.39, 0.29) is 12.2 Å². The van der Waals surface area contributed by atoms with Gasteiger partial charge in [-0.1, -0.05) is 23.7 Å². The van der Waals surface area contributed by atoms with Gasteiger partial charge < -0.3 is 4.74 Å². The van der Waals surface area contributed by atoms with Gasteiger partial charge >= 0.3 is 0 Å². The van der Waals surface area contributed by atoms with Crippen LogP contribution < -0.4 is 9.46 Å². The van der Waals surface area contributed by atoms with Crippen molar-refractivity contribution in [2.45, 2.75) is 25.9 Å². The minimum absolute atomic E-state index is 0.0584. The topological polar surface area (TPSA) is 55.4 Å². The highest BCUT2D eigenvalue weighted by atomic mass is 35.5. The molecule has 0 unspecified atom stereocenters. The van der Waals surface area contributed by atoms with Crippen molar-refractivity contribution in [3.8, 4) is 5.75 Å². The average Bonchev–Trinajstić information content (AvgIpc) is 3.22. The number of hydrogen-bond acceptors (Lipinski definition) is 3. The van der Waals surface area contributed by atoms with Gasteiger partial charge in [-0.05, 0) is 78.4 Å². The van der Waals surface area contributed by atoms with Crippen LogP contribution >= 0.6 is 11.6 Å². The van der Waals surface area contributed by atoms with E-state index in [1.807, 2.05) is 12.1 Å². The van der Waals surface area contributed by atoms with Crippen LogP contribution in [0, 0.1) is 11.6 Å². The molecule has 0 atom stereocenters. The van der Waals surface area contributed by atoms with E-state index in [0.717, 1.165) is 53.9 Å². The van der Waals surface area contributed by atoms with Crippen molar-refractivity contribution in [1.82, 2.24) is 0 Å². The van der Waals surface area contributed by atoms with Gasteiger partial charge in [-0.25, -0.2) is 17.2 Å². The minimum atomic E-state index is -3.39. The van der Waals surface area contributed by atoms with Crippen molar-refractivity contribution in [3.63, 3.8) is 0 Å². The molecule has 172 valence electrons. The summed E-state index contributed by atoms with van der Waals surface area (Å²) in [5.74, 6) is -0.763. The van der Waals surface area contributed by atoms with Crippen molar-refractivity contribution in [1.29, 1.82) is 0 Å². The Labute approximate surface area is 196 Å². The second kappa shape index (κ2) is 9.53. The molecule has 0 saturated heterocycles. The maximum atomic E-state index is 14.1. The molecule has 3 aromatic carbocycles. The Kier molecular flexibility index (Phi) is 6.72. The Bertz CT molecular complexity index is 1340. The number of rotatable bonds is 7. The SMILES string of the molecule is CS(=O)(=O)Nc1cccc(C2=C(c3cc(Cl)ccc3OCc3ccc(F)cc3F)CCC2)c1. The van der Waals surface area contributed by atoms with Crippen LogP contribution in [-0.4, -0.2) is 14.7 Å². The van der Waals surface area contributed by atoms with Gasteiger partial charge in [-0.2, -0.15) is 0 Å². The summed E-state index contributed by atoms with van der Waals surface area (Å²) in [6, 6.07) is 15.9. The Morgan fingerprint density at radius 2 is 1.79 bits per heavy atom. The van der Waals surface area contributed by atoms with Crippen molar-refractivity contribution in [2.75, 3.05) is 11.0 Å². The first kappa shape index (κ1) is 23.3. The molecule has 0 bridgehead atoms. The lowest BCUT2D eigenvalue weighted by atomic mass is 9.96. The van der Waals surface area contributed by atoms with Crippen LogP contribution in [0.3, 0.4) is 0 Å². The van der Waals surface area contributed by atoms with Crippen LogP contribution in [0.2, 0.25) is 5.02 Å². The van der Waals surface area contributed by atoms with Gasteiger partial charge in [-0.15, -0.1) is 0 Å². The zero-order chi connectivity index (χ0) is 23.6. The third-order valence-electron chi connectivity index (χ3n) is 5.40. The van der Waals surface area contributed by atoms with Gasteiger partial charge in [0.25, 0.3) is 0 Å². The predicted molar refractivity (Wildman–Crippen MR) is 128 cm³/mol. The van der Waals surface area contributed by atoms with E-state index in [2.05, 4.69) is 4.72 Å². The first-order chi connectivity index (χ1) is 15.7. The predicted octanol–water partition coefficient (Wildman–Crippen LogP) is 6.66. The normalized spacial score (nSPS) is 13.9. The molecule has 4 nitrogen and oxygen atoms in total. The van der Waals surface area contributed by atoms with Gasteiger partial charge in [0, 0.05) is 27.9 Å². The summed E-state index contributed by atoms with van der Waals surface area (Å²) >= 11 is 6.29. The molecule has 3 aromatic rings. The molecule has 1 N–H and O–H groups in total. The number of halogens is 3. The van der Waals surface area contributed by atoms with E-state index in [1.54, 1.807) is 30.3 Å². The highest BCUT2D eigenvalue weighted by Gasteiger charge is 2.21. The Morgan fingerprint density at radius 3 is 2.55 bits per heavy atom. The fourth-order valence-electron chi connectivity index (χ4n) is 4.00. The molecule has 1 aliphatic carbocycles. The number of nitrogens with one attached hydrogen (secondary N) is 1. The maximum absolute atomic E-state index is 14.1. The smallest absolute Gasteiger partial charge is 0.229 e. The molecular formula is C25H22ClF2NO3S. The Hall–Kier alpha value is -2.90. The van der Waals surface area contributed by atoms with Crippen molar-refractivity contribution in [3.05, 3.63) is 94.0 Å². The van der Waals surface area contributed by atoms with Gasteiger partial charge in [0.15, 0.2) is 0 Å². The number of ether oxygens (including phenoxy) is 1. The molecule has 0 radical (unpaired) electrons. The largest absolute Gasteiger partial charge is 0.488 e. The van der Waals surface area contributed by atoms with Crippen LogP contribution in [0.25, 0.3) is 11.1 Å². The van der Waals surface area contributed by atoms with E-state index in [0.29, 0.717) is 16.5 Å². The second-order valence-corrected chi connectivity index (χ2v) is 10.1. The molecule has 0 fully saturated rings. The molecule has 0 aliphatic heterocycles. The Morgan fingerprint density at radius 1 is 1.00 bits per heavy atom. The summed E-state index contributed by atoms with van der Waals surface area (Å²) in [5, 5.41) is 0.538. The molecular weight excluding hydrogens is 468 g/mol. The molecule has 0 spiro atoms. The molecule has 0 amide bonds. The number of allylic oxidation sites excluding steroid dienone is 2. The molecule has 0 heterocycles. The summed E-state index contributed by atoms with van der Waals surface area (Å²) in [6.07, 6.45) is 3.64. The standard InChI is InChI=1S/C25H22ClF2NO3S/c1-33(30,31)29-20-5-2-4-16(12-20)21-6-3-7-22(21)23-13-18(26)9-11-25(23)32-15-17-8-10-19(27)14-24(17)28/h2,4-5,8-14,29H,3,6-7,15H2,1H3. The monoisotopic (exact) mass is 489 g/mol. The number of anilines is 1. The van der Waals surface area contributed by atoms with Crippen LogP contribution in [-0.2, 0) is 16.6 Å². The number of sulfonamides is 1. The second-order valence-electron chi connectivity index (χ2n) is 7.93. The number of benzene rings is 3. The highest BCUT2D eigenvalue weighted by Crippen LogP contribution is 2.44. The van der Waals surface area contributed by atoms with Crippen molar-refractivity contribution >= 4 is 38.5 Å². The number of hydrogen-bond donors (Lipinski definition) is 1. The zero-order valence-corrected chi connectivity index (χ0v) is 19.4. The lowest BCUT2D eigenvalue weighted by Gasteiger charge is -2.16. The van der Waals surface area contributed by atoms with Crippen LogP contribution in [0.4, 0.5) is 14.5 Å². The lowest BCUT2D eigenvalue weighted by molar-refractivity contribution is 0.298.